The van der Waals surface area contributed by atoms with Gasteiger partial charge in [-0.2, -0.15) is 0 Å². The number of nitrogens with one attached hydrogen (secondary N) is 1. The Morgan fingerprint density at radius 2 is 1.94 bits per heavy atom. The summed E-state index contributed by atoms with van der Waals surface area (Å²) < 4.78 is 5.57. The van der Waals surface area contributed by atoms with Crippen molar-refractivity contribution in [2.45, 2.75) is 51.8 Å². The fraction of sp³-hybridized carbons (Fsp3) is 0.667. The molecule has 3 rings (SSSR count). The van der Waals surface area contributed by atoms with Crippen molar-refractivity contribution in [3.05, 3.63) is 35.9 Å². The van der Waals surface area contributed by atoms with E-state index in [0.717, 1.165) is 71.0 Å². The average Bonchev–Trinajstić information content (AvgIpc) is 3.34. The molecular formula is C24H39N5O2. The summed E-state index contributed by atoms with van der Waals surface area (Å²) >= 11 is 0. The Labute approximate surface area is 187 Å². The lowest BCUT2D eigenvalue weighted by atomic mass is 10.1. The minimum atomic E-state index is -0.220. The van der Waals surface area contributed by atoms with Crippen molar-refractivity contribution in [2.75, 3.05) is 52.9 Å². The molecule has 2 fully saturated rings. The zero-order chi connectivity index (χ0) is 22.1. The number of aliphatic imine (C=N–C) groups is 1. The van der Waals surface area contributed by atoms with Gasteiger partial charge in [-0.1, -0.05) is 30.3 Å². The fourth-order valence-electron chi connectivity index (χ4n) is 4.15. The van der Waals surface area contributed by atoms with Crippen molar-refractivity contribution in [3.8, 4) is 0 Å². The Morgan fingerprint density at radius 3 is 2.58 bits per heavy atom. The van der Waals surface area contributed by atoms with E-state index < -0.39 is 0 Å². The van der Waals surface area contributed by atoms with Crippen LogP contribution < -0.4 is 5.32 Å². The number of hydrogen-bond acceptors (Lipinski definition) is 4. The standard InChI is InChI=1S/C24H39N5O2/c1-4-25-24(26-13-12-20(2)27(3)19-21-9-6-5-7-10-21)29-16-14-28(15-17-29)23(30)22-11-8-18-31-22/h5-7,9-10,20,22H,4,8,11-19H2,1-3H3,(H,25,26). The first-order valence-electron chi connectivity index (χ1n) is 11.8. The number of nitrogens with zero attached hydrogens (tertiary/aromatic N) is 4. The molecule has 172 valence electrons. The molecule has 7 heteroatoms. The highest BCUT2D eigenvalue weighted by molar-refractivity contribution is 5.82. The molecule has 0 bridgehead atoms. The molecule has 1 aromatic carbocycles. The number of piperazine rings is 1. The van der Waals surface area contributed by atoms with Gasteiger partial charge in [0.25, 0.3) is 5.91 Å². The molecule has 2 aliphatic rings. The molecule has 2 heterocycles. The lowest BCUT2D eigenvalue weighted by Crippen LogP contribution is -2.55. The van der Waals surface area contributed by atoms with Gasteiger partial charge in [0, 0.05) is 58.5 Å². The number of rotatable bonds is 8. The molecule has 2 saturated heterocycles. The smallest absolute Gasteiger partial charge is 0.251 e. The summed E-state index contributed by atoms with van der Waals surface area (Å²) in [6.07, 6.45) is 2.64. The maximum atomic E-state index is 12.6. The average molecular weight is 430 g/mol. The van der Waals surface area contributed by atoms with Gasteiger partial charge in [-0.3, -0.25) is 14.7 Å². The molecule has 31 heavy (non-hydrogen) atoms. The van der Waals surface area contributed by atoms with Crippen LogP contribution in [0.5, 0.6) is 0 Å². The minimum absolute atomic E-state index is 0.161. The van der Waals surface area contributed by atoms with E-state index in [2.05, 4.69) is 66.3 Å². The SMILES string of the molecule is CCNC(=NCCC(C)N(C)Cc1ccccc1)N1CCN(C(=O)C2CCCO2)CC1. The molecule has 2 atom stereocenters. The molecule has 1 amide bonds. The van der Waals surface area contributed by atoms with E-state index in [4.69, 9.17) is 9.73 Å². The topological polar surface area (TPSA) is 60.4 Å². The second kappa shape index (κ2) is 12.1. The van der Waals surface area contributed by atoms with Crippen molar-refractivity contribution < 1.29 is 9.53 Å². The Morgan fingerprint density at radius 1 is 1.23 bits per heavy atom. The maximum Gasteiger partial charge on any atom is 0.251 e. The van der Waals surface area contributed by atoms with Crippen LogP contribution in [-0.2, 0) is 16.1 Å². The number of carbonyl (C=O) groups excluding carboxylic acids is 1. The third kappa shape index (κ3) is 6.94. The number of amides is 1. The Hall–Kier alpha value is -2.12. The summed E-state index contributed by atoms with van der Waals surface area (Å²) in [4.78, 5) is 24.1. The summed E-state index contributed by atoms with van der Waals surface area (Å²) in [7, 11) is 2.18. The second-order valence-electron chi connectivity index (χ2n) is 8.59. The summed E-state index contributed by atoms with van der Waals surface area (Å²) in [6, 6.07) is 11.0. The molecule has 2 aliphatic heterocycles. The molecular weight excluding hydrogens is 390 g/mol. The summed E-state index contributed by atoms with van der Waals surface area (Å²) in [5.74, 6) is 1.12. The van der Waals surface area contributed by atoms with E-state index >= 15 is 0 Å². The van der Waals surface area contributed by atoms with E-state index in [1.165, 1.54) is 5.56 Å². The Balaban J connectivity index is 1.45. The van der Waals surface area contributed by atoms with Gasteiger partial charge in [0.2, 0.25) is 0 Å². The minimum Gasteiger partial charge on any atom is -0.368 e. The van der Waals surface area contributed by atoms with Gasteiger partial charge in [-0.15, -0.1) is 0 Å². The molecule has 2 unspecified atom stereocenters. The normalized spacial score (nSPS) is 20.9. The fourth-order valence-corrected chi connectivity index (χ4v) is 4.15. The summed E-state index contributed by atoms with van der Waals surface area (Å²) in [5, 5.41) is 3.43. The Bertz CT molecular complexity index is 697. The molecule has 0 aliphatic carbocycles. The highest BCUT2D eigenvalue weighted by atomic mass is 16.5. The second-order valence-corrected chi connectivity index (χ2v) is 8.59. The van der Waals surface area contributed by atoms with Gasteiger partial charge in [-0.05, 0) is 45.7 Å². The first-order chi connectivity index (χ1) is 15.1. The third-order valence-electron chi connectivity index (χ3n) is 6.27. The van der Waals surface area contributed by atoms with Crippen LogP contribution in [0.1, 0.15) is 38.7 Å². The van der Waals surface area contributed by atoms with E-state index in [1.807, 2.05) is 4.90 Å². The molecule has 1 N–H and O–H groups in total. The third-order valence-corrected chi connectivity index (χ3v) is 6.27. The lowest BCUT2D eigenvalue weighted by Gasteiger charge is -2.37. The van der Waals surface area contributed by atoms with E-state index in [1.54, 1.807) is 0 Å². The van der Waals surface area contributed by atoms with E-state index in [-0.39, 0.29) is 12.0 Å². The molecule has 1 aromatic rings. The molecule has 7 nitrogen and oxygen atoms in total. The van der Waals surface area contributed by atoms with Crippen LogP contribution in [-0.4, -0.2) is 91.6 Å². The lowest BCUT2D eigenvalue weighted by molar-refractivity contribution is -0.142. The largest absolute Gasteiger partial charge is 0.368 e. The van der Waals surface area contributed by atoms with Gasteiger partial charge in [0.1, 0.15) is 6.10 Å². The van der Waals surface area contributed by atoms with Crippen LogP contribution in [0.4, 0.5) is 0 Å². The molecule has 0 aromatic heterocycles. The predicted octanol–water partition coefficient (Wildman–Crippen LogP) is 2.19. The van der Waals surface area contributed by atoms with Crippen molar-refractivity contribution in [1.29, 1.82) is 0 Å². The van der Waals surface area contributed by atoms with Crippen molar-refractivity contribution in [1.82, 2.24) is 20.0 Å². The van der Waals surface area contributed by atoms with Crippen molar-refractivity contribution >= 4 is 11.9 Å². The van der Waals surface area contributed by atoms with Crippen molar-refractivity contribution in [3.63, 3.8) is 0 Å². The monoisotopic (exact) mass is 429 g/mol. The van der Waals surface area contributed by atoms with Gasteiger partial charge in [0.15, 0.2) is 5.96 Å². The van der Waals surface area contributed by atoms with Crippen LogP contribution in [0.15, 0.2) is 35.3 Å². The van der Waals surface area contributed by atoms with Crippen molar-refractivity contribution in [2.24, 2.45) is 4.99 Å². The molecule has 0 saturated carbocycles. The number of hydrogen-bond donors (Lipinski definition) is 1. The van der Waals surface area contributed by atoms with Crippen LogP contribution in [0.2, 0.25) is 0 Å². The zero-order valence-corrected chi connectivity index (χ0v) is 19.4. The highest BCUT2D eigenvalue weighted by Crippen LogP contribution is 2.16. The predicted molar refractivity (Wildman–Crippen MR) is 125 cm³/mol. The summed E-state index contributed by atoms with van der Waals surface area (Å²) in [6.45, 7) is 10.8. The summed E-state index contributed by atoms with van der Waals surface area (Å²) in [5.41, 5.74) is 1.34. The van der Waals surface area contributed by atoms with Gasteiger partial charge >= 0.3 is 0 Å². The number of ether oxygens (including phenoxy) is 1. The first kappa shape index (κ1) is 23.5. The molecule has 0 radical (unpaired) electrons. The number of benzene rings is 1. The van der Waals surface area contributed by atoms with Crippen LogP contribution >= 0.6 is 0 Å². The zero-order valence-electron chi connectivity index (χ0n) is 19.4. The van der Waals surface area contributed by atoms with Crippen LogP contribution in [0.3, 0.4) is 0 Å². The Kier molecular flexibility index (Phi) is 9.15. The van der Waals surface area contributed by atoms with Gasteiger partial charge in [-0.25, -0.2) is 0 Å². The number of guanidine groups is 1. The van der Waals surface area contributed by atoms with Gasteiger partial charge < -0.3 is 19.9 Å². The van der Waals surface area contributed by atoms with Crippen LogP contribution in [0, 0.1) is 0 Å². The first-order valence-corrected chi connectivity index (χ1v) is 11.8. The van der Waals surface area contributed by atoms with Crippen LogP contribution in [0.25, 0.3) is 0 Å². The van der Waals surface area contributed by atoms with Gasteiger partial charge in [0.05, 0.1) is 0 Å². The molecule has 0 spiro atoms. The van der Waals surface area contributed by atoms with E-state index in [0.29, 0.717) is 12.6 Å². The quantitative estimate of drug-likeness (QED) is 0.507. The van der Waals surface area contributed by atoms with E-state index in [9.17, 15) is 4.79 Å². The maximum absolute atomic E-state index is 12.6. The number of carbonyl (C=O) groups is 1. The highest BCUT2D eigenvalue weighted by Gasteiger charge is 2.30.